The lowest BCUT2D eigenvalue weighted by atomic mass is 10.2. The molecular formula is C17H26O2. The monoisotopic (exact) mass is 262 g/mol. The second-order valence-corrected chi connectivity index (χ2v) is 4.42. The van der Waals surface area contributed by atoms with E-state index in [1.165, 1.54) is 25.7 Å². The summed E-state index contributed by atoms with van der Waals surface area (Å²) in [5.41, 5.74) is 2.98. The van der Waals surface area contributed by atoms with Crippen molar-refractivity contribution in [3.05, 3.63) is 42.2 Å². The Balaban J connectivity index is 3.47. The van der Waals surface area contributed by atoms with Crippen molar-refractivity contribution < 1.29 is 9.90 Å². The molecule has 0 atom stereocenters. The van der Waals surface area contributed by atoms with Crippen LogP contribution in [0.1, 0.15) is 58.3 Å². The first-order valence-electron chi connectivity index (χ1n) is 7.18. The van der Waals surface area contributed by atoms with E-state index in [-0.39, 0.29) is 6.42 Å². The number of hydrogen-bond donors (Lipinski definition) is 1. The minimum atomic E-state index is -0.760. The first-order chi connectivity index (χ1) is 9.27. The molecule has 1 N–H and O–H groups in total. The summed E-state index contributed by atoms with van der Waals surface area (Å²) in [7, 11) is 0. The quantitative estimate of drug-likeness (QED) is 0.322. The lowest BCUT2D eigenvalue weighted by Gasteiger charge is -1.90. The zero-order valence-corrected chi connectivity index (χ0v) is 12.0. The SMILES string of the molecule is CCCCC/C=C\C/C=C\CC=C=CCCC(=O)O. The Kier molecular flexibility index (Phi) is 13.4. The van der Waals surface area contributed by atoms with Crippen molar-refractivity contribution in [1.29, 1.82) is 0 Å². The molecule has 0 aliphatic heterocycles. The van der Waals surface area contributed by atoms with E-state index in [9.17, 15) is 4.79 Å². The topological polar surface area (TPSA) is 37.3 Å². The van der Waals surface area contributed by atoms with E-state index in [2.05, 4.69) is 37.0 Å². The van der Waals surface area contributed by atoms with Crippen LogP contribution in [0, 0.1) is 0 Å². The molecule has 106 valence electrons. The number of carboxylic acids is 1. The highest BCUT2D eigenvalue weighted by molar-refractivity contribution is 5.66. The predicted octanol–water partition coefficient (Wildman–Crippen LogP) is 5.04. The molecule has 0 heterocycles. The van der Waals surface area contributed by atoms with Crippen molar-refractivity contribution in [2.24, 2.45) is 0 Å². The third-order valence-electron chi connectivity index (χ3n) is 2.57. The number of rotatable bonds is 11. The molecule has 0 unspecified atom stereocenters. The standard InChI is InChI=1S/C17H26O2/c1-2-3-4-5-6-7-8-9-10-11-12-13-14-15-16-17(18)19/h6-7,9-10,12,14H,2-5,8,11,15-16H2,1H3,(H,18,19)/b7-6-,10-9-. The second kappa shape index (κ2) is 14.5. The molecule has 0 rings (SSSR count). The Morgan fingerprint density at radius 2 is 1.74 bits per heavy atom. The molecule has 0 aliphatic carbocycles. The minimum Gasteiger partial charge on any atom is -0.481 e. The highest BCUT2D eigenvalue weighted by Crippen LogP contribution is 2.00. The fourth-order valence-corrected chi connectivity index (χ4v) is 1.50. The maximum absolute atomic E-state index is 10.2. The predicted molar refractivity (Wildman–Crippen MR) is 81.2 cm³/mol. The van der Waals surface area contributed by atoms with Crippen molar-refractivity contribution in [1.82, 2.24) is 0 Å². The summed E-state index contributed by atoms with van der Waals surface area (Å²) >= 11 is 0. The van der Waals surface area contributed by atoms with Crippen molar-refractivity contribution in [2.45, 2.75) is 58.3 Å². The van der Waals surface area contributed by atoms with Crippen LogP contribution < -0.4 is 0 Å². The fourth-order valence-electron chi connectivity index (χ4n) is 1.50. The Morgan fingerprint density at radius 3 is 2.47 bits per heavy atom. The van der Waals surface area contributed by atoms with Crippen molar-refractivity contribution in [2.75, 3.05) is 0 Å². The van der Waals surface area contributed by atoms with E-state index in [1.54, 1.807) is 6.08 Å². The van der Waals surface area contributed by atoms with Crippen molar-refractivity contribution in [3.63, 3.8) is 0 Å². The molecule has 0 aromatic carbocycles. The Bertz CT molecular complexity index is 331. The van der Waals surface area contributed by atoms with Gasteiger partial charge in [-0.1, -0.05) is 44.1 Å². The van der Waals surface area contributed by atoms with E-state index in [1.807, 2.05) is 6.08 Å². The first kappa shape index (κ1) is 17.5. The summed E-state index contributed by atoms with van der Waals surface area (Å²) in [4.78, 5) is 10.2. The van der Waals surface area contributed by atoms with Crippen LogP contribution in [-0.4, -0.2) is 11.1 Å². The van der Waals surface area contributed by atoms with Crippen LogP contribution in [0.5, 0.6) is 0 Å². The number of hydrogen-bond acceptors (Lipinski definition) is 1. The minimum absolute atomic E-state index is 0.180. The smallest absolute Gasteiger partial charge is 0.303 e. The van der Waals surface area contributed by atoms with Gasteiger partial charge in [0.2, 0.25) is 0 Å². The summed E-state index contributed by atoms with van der Waals surface area (Å²) in [5.74, 6) is -0.760. The van der Waals surface area contributed by atoms with Gasteiger partial charge in [-0.3, -0.25) is 4.79 Å². The largest absolute Gasteiger partial charge is 0.481 e. The molecule has 2 heteroatoms. The Morgan fingerprint density at radius 1 is 1.00 bits per heavy atom. The van der Waals surface area contributed by atoms with Gasteiger partial charge in [0.25, 0.3) is 0 Å². The molecule has 2 nitrogen and oxygen atoms in total. The molecule has 0 fully saturated rings. The van der Waals surface area contributed by atoms with Crippen LogP contribution in [-0.2, 0) is 4.79 Å². The zero-order chi connectivity index (χ0) is 14.2. The fraction of sp³-hybridized carbons (Fsp3) is 0.529. The van der Waals surface area contributed by atoms with Gasteiger partial charge >= 0.3 is 5.97 Å². The molecule has 0 saturated heterocycles. The Labute approximate surface area is 117 Å². The molecule has 0 bridgehead atoms. The number of allylic oxidation sites excluding steroid dienone is 5. The van der Waals surface area contributed by atoms with Crippen LogP contribution in [0.4, 0.5) is 0 Å². The molecule has 0 spiro atoms. The molecule has 0 radical (unpaired) electrons. The van der Waals surface area contributed by atoms with Crippen LogP contribution >= 0.6 is 0 Å². The molecule has 0 saturated carbocycles. The van der Waals surface area contributed by atoms with Gasteiger partial charge in [0.1, 0.15) is 0 Å². The number of carbonyl (C=O) groups is 1. The van der Waals surface area contributed by atoms with E-state index < -0.39 is 5.97 Å². The van der Waals surface area contributed by atoms with Gasteiger partial charge in [0.15, 0.2) is 0 Å². The van der Waals surface area contributed by atoms with Gasteiger partial charge in [-0.2, -0.15) is 0 Å². The van der Waals surface area contributed by atoms with Crippen molar-refractivity contribution >= 4 is 5.97 Å². The van der Waals surface area contributed by atoms with Gasteiger partial charge in [-0.15, -0.1) is 5.73 Å². The highest BCUT2D eigenvalue weighted by Gasteiger charge is 1.90. The van der Waals surface area contributed by atoms with Crippen LogP contribution in [0.25, 0.3) is 0 Å². The summed E-state index contributed by atoms with van der Waals surface area (Å²) in [6.45, 7) is 2.22. The maximum Gasteiger partial charge on any atom is 0.303 e. The van der Waals surface area contributed by atoms with E-state index in [0.717, 1.165) is 12.8 Å². The van der Waals surface area contributed by atoms with Gasteiger partial charge in [0.05, 0.1) is 0 Å². The number of carboxylic acid groups (broad SMARTS) is 1. The average molecular weight is 262 g/mol. The summed E-state index contributed by atoms with van der Waals surface area (Å²) < 4.78 is 0. The van der Waals surface area contributed by atoms with Crippen LogP contribution in [0.3, 0.4) is 0 Å². The van der Waals surface area contributed by atoms with Crippen LogP contribution in [0.15, 0.2) is 42.2 Å². The van der Waals surface area contributed by atoms with Gasteiger partial charge in [-0.25, -0.2) is 0 Å². The zero-order valence-electron chi connectivity index (χ0n) is 12.0. The first-order valence-corrected chi connectivity index (χ1v) is 7.18. The maximum atomic E-state index is 10.2. The van der Waals surface area contributed by atoms with Crippen molar-refractivity contribution in [3.8, 4) is 0 Å². The molecule has 0 aliphatic rings. The van der Waals surface area contributed by atoms with Crippen LogP contribution in [0.2, 0.25) is 0 Å². The Hall–Kier alpha value is -1.53. The summed E-state index contributed by atoms with van der Waals surface area (Å²) in [5, 5.41) is 8.43. The van der Waals surface area contributed by atoms with Gasteiger partial charge in [0, 0.05) is 6.42 Å². The lowest BCUT2D eigenvalue weighted by Crippen LogP contribution is -1.91. The second-order valence-electron chi connectivity index (χ2n) is 4.42. The third kappa shape index (κ3) is 16.5. The molecule has 0 aromatic heterocycles. The average Bonchev–Trinajstić information content (AvgIpc) is 2.39. The number of aliphatic carboxylic acids is 1. The van der Waals surface area contributed by atoms with E-state index in [4.69, 9.17) is 5.11 Å². The van der Waals surface area contributed by atoms with Gasteiger partial charge in [-0.05, 0) is 44.3 Å². The highest BCUT2D eigenvalue weighted by atomic mass is 16.4. The lowest BCUT2D eigenvalue weighted by molar-refractivity contribution is -0.136. The summed E-state index contributed by atoms with van der Waals surface area (Å²) in [6, 6.07) is 0. The molecule has 19 heavy (non-hydrogen) atoms. The third-order valence-corrected chi connectivity index (χ3v) is 2.57. The number of unbranched alkanes of at least 4 members (excludes halogenated alkanes) is 3. The molecular weight excluding hydrogens is 236 g/mol. The normalized spacial score (nSPS) is 10.8. The summed E-state index contributed by atoms with van der Waals surface area (Å²) in [6.07, 6.45) is 20.1. The van der Waals surface area contributed by atoms with Gasteiger partial charge < -0.3 is 5.11 Å². The molecule has 0 aromatic rings. The van der Waals surface area contributed by atoms with E-state index >= 15 is 0 Å². The molecule has 0 amide bonds. The van der Waals surface area contributed by atoms with E-state index in [0.29, 0.717) is 6.42 Å².